The van der Waals surface area contributed by atoms with E-state index >= 15 is 0 Å². The highest BCUT2D eigenvalue weighted by molar-refractivity contribution is 5.88. The Morgan fingerprint density at radius 2 is 2.08 bits per heavy atom. The maximum absolute atomic E-state index is 12.4. The van der Waals surface area contributed by atoms with Crippen molar-refractivity contribution >= 4 is 11.8 Å². The van der Waals surface area contributed by atoms with Gasteiger partial charge < -0.3 is 14.6 Å². The van der Waals surface area contributed by atoms with Crippen molar-refractivity contribution in [2.45, 2.75) is 38.8 Å². The maximum atomic E-state index is 12.4. The number of hydrogen-bond donors (Lipinski definition) is 2. The number of aryl methyl sites for hydroxylation is 1. The fourth-order valence-corrected chi connectivity index (χ4v) is 3.07. The Morgan fingerprint density at radius 3 is 2.64 bits per heavy atom. The molecule has 2 aromatic heterocycles. The number of nitrogens with one attached hydrogen (secondary N) is 1. The van der Waals surface area contributed by atoms with Crippen molar-refractivity contribution in [3.05, 3.63) is 24.4 Å². The second kappa shape index (κ2) is 7.22. The summed E-state index contributed by atoms with van der Waals surface area (Å²) in [7, 11) is 1.87. The van der Waals surface area contributed by atoms with Crippen LogP contribution in [0.4, 0.5) is 10.6 Å². The molecule has 1 saturated heterocycles. The fourth-order valence-electron chi connectivity index (χ4n) is 3.07. The number of carbonyl (C=O) groups is 1. The van der Waals surface area contributed by atoms with E-state index in [1.54, 1.807) is 22.0 Å². The van der Waals surface area contributed by atoms with Gasteiger partial charge in [0.25, 0.3) is 0 Å². The van der Waals surface area contributed by atoms with Crippen molar-refractivity contribution < 1.29 is 9.90 Å². The number of likely N-dealkylation sites (tertiary alicyclic amines) is 1. The van der Waals surface area contributed by atoms with Gasteiger partial charge in [0.05, 0.1) is 6.20 Å². The monoisotopic (exact) mass is 347 g/mol. The van der Waals surface area contributed by atoms with E-state index in [-0.39, 0.29) is 18.0 Å². The summed E-state index contributed by atoms with van der Waals surface area (Å²) in [6.07, 6.45) is 6.10. The van der Waals surface area contributed by atoms with Crippen LogP contribution >= 0.6 is 0 Å². The van der Waals surface area contributed by atoms with E-state index in [0.717, 1.165) is 12.8 Å². The lowest BCUT2D eigenvalue weighted by molar-refractivity contribution is 0.0599. The highest BCUT2D eigenvalue weighted by atomic mass is 16.3. The maximum Gasteiger partial charge on any atom is 0.323 e. The van der Waals surface area contributed by atoms with E-state index < -0.39 is 6.10 Å². The molecule has 2 aromatic rings. The Bertz CT molecular complexity index is 716. The quantitative estimate of drug-likeness (QED) is 0.874. The molecule has 9 heteroatoms. The molecule has 0 aliphatic carbocycles. The zero-order chi connectivity index (χ0) is 18.0. The minimum Gasteiger partial charge on any atom is -0.385 e. The van der Waals surface area contributed by atoms with Crippen LogP contribution in [0, 0.1) is 5.92 Å². The normalized spacial score (nSPS) is 17.1. The molecule has 9 nitrogen and oxygen atoms in total. The van der Waals surface area contributed by atoms with Gasteiger partial charge in [0.15, 0.2) is 5.82 Å². The molecular weight excluding hydrogens is 322 g/mol. The number of aliphatic hydroxyl groups is 1. The highest BCUT2D eigenvalue weighted by Crippen LogP contribution is 2.29. The number of aromatic nitrogens is 5. The number of carbonyl (C=O) groups excluding carboxylic acids is 1. The molecule has 1 aliphatic heterocycles. The molecule has 0 aromatic carbocycles. The molecule has 25 heavy (non-hydrogen) atoms. The Morgan fingerprint density at radius 1 is 1.36 bits per heavy atom. The summed E-state index contributed by atoms with van der Waals surface area (Å²) in [5.41, 5.74) is 0. The first-order chi connectivity index (χ1) is 12.0. The second-order valence-electron chi connectivity index (χ2n) is 6.77. The number of amides is 2. The molecule has 3 rings (SSSR count). The first-order valence-corrected chi connectivity index (χ1v) is 8.58. The van der Waals surface area contributed by atoms with Crippen molar-refractivity contribution in [2.24, 2.45) is 13.0 Å². The summed E-state index contributed by atoms with van der Waals surface area (Å²) in [6.45, 7) is 5.18. The van der Waals surface area contributed by atoms with Gasteiger partial charge in [0.2, 0.25) is 0 Å². The van der Waals surface area contributed by atoms with Gasteiger partial charge in [-0.1, -0.05) is 5.21 Å². The van der Waals surface area contributed by atoms with Crippen LogP contribution in [0.2, 0.25) is 0 Å². The van der Waals surface area contributed by atoms with Crippen LogP contribution in [-0.4, -0.2) is 53.7 Å². The summed E-state index contributed by atoms with van der Waals surface area (Å²) >= 11 is 0. The molecule has 1 fully saturated rings. The van der Waals surface area contributed by atoms with E-state index in [2.05, 4.69) is 20.6 Å². The van der Waals surface area contributed by atoms with Crippen LogP contribution < -0.4 is 5.32 Å². The van der Waals surface area contributed by atoms with Gasteiger partial charge in [-0.25, -0.2) is 14.5 Å². The summed E-state index contributed by atoms with van der Waals surface area (Å²) in [5.74, 6) is 1.23. The lowest BCUT2D eigenvalue weighted by atomic mass is 9.91. The molecular formula is C16H25N7O2. The molecule has 3 heterocycles. The summed E-state index contributed by atoms with van der Waals surface area (Å²) in [5, 5.41) is 21.2. The van der Waals surface area contributed by atoms with Crippen LogP contribution in [-0.2, 0) is 7.05 Å². The van der Waals surface area contributed by atoms with Gasteiger partial charge in [0.1, 0.15) is 11.9 Å². The zero-order valence-electron chi connectivity index (χ0n) is 14.8. The summed E-state index contributed by atoms with van der Waals surface area (Å²) < 4.78 is 3.53. The first-order valence-electron chi connectivity index (χ1n) is 8.58. The molecule has 1 unspecified atom stereocenters. The van der Waals surface area contributed by atoms with Gasteiger partial charge in [-0.2, -0.15) is 0 Å². The van der Waals surface area contributed by atoms with E-state index in [0.29, 0.717) is 24.7 Å². The Kier molecular flexibility index (Phi) is 5.03. The van der Waals surface area contributed by atoms with Crippen molar-refractivity contribution in [3.63, 3.8) is 0 Å². The highest BCUT2D eigenvalue weighted by Gasteiger charge is 2.30. The number of piperidine rings is 1. The van der Waals surface area contributed by atoms with Crippen molar-refractivity contribution in [1.29, 1.82) is 0 Å². The Labute approximate surface area is 146 Å². The third-order valence-electron chi connectivity index (χ3n) is 4.67. The van der Waals surface area contributed by atoms with E-state index in [1.165, 1.54) is 0 Å². The molecule has 0 saturated carbocycles. The number of nitrogens with zero attached hydrogens (tertiary/aromatic N) is 6. The van der Waals surface area contributed by atoms with Crippen LogP contribution in [0.1, 0.15) is 44.7 Å². The van der Waals surface area contributed by atoms with Crippen molar-refractivity contribution in [3.8, 4) is 0 Å². The predicted molar refractivity (Wildman–Crippen MR) is 91.9 cm³/mol. The third kappa shape index (κ3) is 3.81. The van der Waals surface area contributed by atoms with Gasteiger partial charge in [-0.15, -0.1) is 5.10 Å². The van der Waals surface area contributed by atoms with Gasteiger partial charge in [0, 0.05) is 38.6 Å². The van der Waals surface area contributed by atoms with Gasteiger partial charge in [-0.05, 0) is 32.6 Å². The minimum absolute atomic E-state index is 0.104. The standard InChI is InChI=1S/C16H25N7O2/c1-11(2)23-10-13(19-20-23)18-16(25)22-7-4-12(5-8-22)14(24)15-17-6-9-21(15)3/h6,9-12,14,24H,4-5,7-8H2,1-3H3,(H,18,25). The summed E-state index contributed by atoms with van der Waals surface area (Å²) in [6, 6.07) is 0.0160. The molecule has 136 valence electrons. The van der Waals surface area contributed by atoms with Crippen LogP contribution in [0.25, 0.3) is 0 Å². The molecule has 2 amide bonds. The number of anilines is 1. The molecule has 1 aliphatic rings. The lowest BCUT2D eigenvalue weighted by Crippen LogP contribution is -2.42. The molecule has 2 N–H and O–H groups in total. The molecule has 0 bridgehead atoms. The summed E-state index contributed by atoms with van der Waals surface area (Å²) in [4.78, 5) is 18.3. The smallest absolute Gasteiger partial charge is 0.323 e. The average Bonchev–Trinajstić information content (AvgIpc) is 3.23. The fraction of sp³-hybridized carbons (Fsp3) is 0.625. The Balaban J connectivity index is 1.53. The van der Waals surface area contributed by atoms with Crippen molar-refractivity contribution in [2.75, 3.05) is 18.4 Å². The molecule has 0 spiro atoms. The predicted octanol–water partition coefficient (Wildman–Crippen LogP) is 1.57. The molecule has 0 radical (unpaired) electrons. The number of imidazole rings is 1. The average molecular weight is 347 g/mol. The number of rotatable bonds is 4. The van der Waals surface area contributed by atoms with E-state index in [1.807, 2.05) is 31.7 Å². The van der Waals surface area contributed by atoms with Gasteiger partial charge in [-0.3, -0.25) is 5.32 Å². The SMILES string of the molecule is CC(C)n1cc(NC(=O)N2CCC(C(O)c3nccn3C)CC2)nn1. The number of urea groups is 1. The minimum atomic E-state index is -0.601. The first kappa shape index (κ1) is 17.4. The second-order valence-corrected chi connectivity index (χ2v) is 6.77. The van der Waals surface area contributed by atoms with E-state index in [4.69, 9.17) is 0 Å². The van der Waals surface area contributed by atoms with Crippen LogP contribution in [0.3, 0.4) is 0 Å². The topological polar surface area (TPSA) is 101 Å². The van der Waals surface area contributed by atoms with Gasteiger partial charge >= 0.3 is 6.03 Å². The molecule has 1 atom stereocenters. The number of hydrogen-bond acceptors (Lipinski definition) is 5. The van der Waals surface area contributed by atoms with Crippen molar-refractivity contribution in [1.82, 2.24) is 29.4 Å². The lowest BCUT2D eigenvalue weighted by Gasteiger charge is -2.33. The third-order valence-corrected chi connectivity index (χ3v) is 4.67. The van der Waals surface area contributed by atoms with Crippen LogP contribution in [0.15, 0.2) is 18.6 Å². The Hall–Kier alpha value is -2.42. The van der Waals surface area contributed by atoms with E-state index in [9.17, 15) is 9.90 Å². The van der Waals surface area contributed by atoms with Crippen LogP contribution in [0.5, 0.6) is 0 Å². The number of aliphatic hydroxyl groups excluding tert-OH is 1. The largest absolute Gasteiger partial charge is 0.385 e. The zero-order valence-corrected chi connectivity index (χ0v) is 14.8.